The van der Waals surface area contributed by atoms with Crippen LogP contribution < -0.4 is 5.32 Å². The highest BCUT2D eigenvalue weighted by Crippen LogP contribution is 2.27. The summed E-state index contributed by atoms with van der Waals surface area (Å²) in [4.78, 5) is 14.1. The van der Waals surface area contributed by atoms with E-state index in [9.17, 15) is 9.90 Å². The molecule has 2 unspecified atom stereocenters. The van der Waals surface area contributed by atoms with Gasteiger partial charge in [0.25, 0.3) is 0 Å². The zero-order chi connectivity index (χ0) is 13.8. The van der Waals surface area contributed by atoms with Gasteiger partial charge in [0.15, 0.2) is 0 Å². The standard InChI is InChI=1S/C15H22N2O2/c1-11(12-7-3-4-9-14(12)18)17(2)15(19)13-8-5-6-10-16-13/h3-4,7,9,11,13,16,18H,5-6,8,10H2,1-2H3. The van der Waals surface area contributed by atoms with Gasteiger partial charge < -0.3 is 15.3 Å². The predicted molar refractivity (Wildman–Crippen MR) is 74.9 cm³/mol. The minimum absolute atomic E-state index is 0.0768. The molecule has 2 N–H and O–H groups in total. The first kappa shape index (κ1) is 13.9. The number of phenolic OH excluding ortho intramolecular Hbond substituents is 1. The molecular formula is C15H22N2O2. The maximum absolute atomic E-state index is 12.4. The molecule has 4 heteroatoms. The first-order valence-corrected chi connectivity index (χ1v) is 6.89. The second kappa shape index (κ2) is 6.06. The van der Waals surface area contributed by atoms with Gasteiger partial charge in [-0.1, -0.05) is 24.6 Å². The Labute approximate surface area is 114 Å². The second-order valence-corrected chi connectivity index (χ2v) is 5.19. The van der Waals surface area contributed by atoms with Crippen LogP contribution in [0.15, 0.2) is 24.3 Å². The van der Waals surface area contributed by atoms with Crippen LogP contribution in [0.4, 0.5) is 0 Å². The summed E-state index contributed by atoms with van der Waals surface area (Å²) in [6.07, 6.45) is 3.14. The fraction of sp³-hybridized carbons (Fsp3) is 0.533. The van der Waals surface area contributed by atoms with Crippen molar-refractivity contribution < 1.29 is 9.90 Å². The third-order valence-electron chi connectivity index (χ3n) is 3.92. The van der Waals surface area contributed by atoms with E-state index >= 15 is 0 Å². The van der Waals surface area contributed by atoms with E-state index < -0.39 is 0 Å². The number of para-hydroxylation sites is 1. The van der Waals surface area contributed by atoms with Gasteiger partial charge in [0.1, 0.15) is 5.75 Å². The Kier molecular flexibility index (Phi) is 4.43. The number of likely N-dealkylation sites (N-methyl/N-ethyl adjacent to an activating group) is 1. The number of aromatic hydroxyl groups is 1. The molecule has 1 saturated heterocycles. The molecule has 1 heterocycles. The van der Waals surface area contributed by atoms with Crippen molar-refractivity contribution >= 4 is 5.91 Å². The molecule has 4 nitrogen and oxygen atoms in total. The first-order valence-electron chi connectivity index (χ1n) is 6.89. The normalized spacial score (nSPS) is 20.8. The van der Waals surface area contributed by atoms with Crippen molar-refractivity contribution in [2.45, 2.75) is 38.3 Å². The molecule has 1 amide bonds. The average molecular weight is 262 g/mol. The monoisotopic (exact) mass is 262 g/mol. The highest BCUT2D eigenvalue weighted by Gasteiger charge is 2.27. The minimum atomic E-state index is -0.127. The van der Waals surface area contributed by atoms with Gasteiger partial charge in [-0.15, -0.1) is 0 Å². The van der Waals surface area contributed by atoms with E-state index in [2.05, 4.69) is 5.32 Å². The Morgan fingerprint density at radius 3 is 2.79 bits per heavy atom. The quantitative estimate of drug-likeness (QED) is 0.876. The van der Waals surface area contributed by atoms with Crippen LogP contribution in [-0.2, 0) is 4.79 Å². The fourth-order valence-corrected chi connectivity index (χ4v) is 2.55. The highest BCUT2D eigenvalue weighted by atomic mass is 16.3. The number of nitrogens with zero attached hydrogens (tertiary/aromatic N) is 1. The summed E-state index contributed by atoms with van der Waals surface area (Å²) < 4.78 is 0. The lowest BCUT2D eigenvalue weighted by Crippen LogP contribution is -2.47. The predicted octanol–water partition coefficient (Wildman–Crippen LogP) is 2.05. The zero-order valence-corrected chi connectivity index (χ0v) is 11.6. The number of rotatable bonds is 3. The van der Waals surface area contributed by atoms with Crippen molar-refractivity contribution in [3.05, 3.63) is 29.8 Å². The number of carbonyl (C=O) groups is 1. The molecule has 0 radical (unpaired) electrons. The number of phenols is 1. The van der Waals surface area contributed by atoms with Crippen LogP contribution in [0.5, 0.6) is 5.75 Å². The van der Waals surface area contributed by atoms with Crippen LogP contribution in [0.2, 0.25) is 0 Å². The second-order valence-electron chi connectivity index (χ2n) is 5.19. The molecule has 1 aromatic carbocycles. The van der Waals surface area contributed by atoms with Gasteiger partial charge >= 0.3 is 0 Å². The van der Waals surface area contributed by atoms with Crippen molar-refractivity contribution in [3.63, 3.8) is 0 Å². The molecule has 0 aliphatic carbocycles. The van der Waals surface area contributed by atoms with Crippen molar-refractivity contribution in [2.24, 2.45) is 0 Å². The highest BCUT2D eigenvalue weighted by molar-refractivity contribution is 5.82. The molecule has 0 bridgehead atoms. The van der Waals surface area contributed by atoms with Gasteiger partial charge in [0.2, 0.25) is 5.91 Å². The number of hydrogen-bond acceptors (Lipinski definition) is 3. The lowest BCUT2D eigenvalue weighted by atomic mass is 10.0. The molecular weight excluding hydrogens is 240 g/mol. The molecule has 2 atom stereocenters. The molecule has 19 heavy (non-hydrogen) atoms. The first-order chi connectivity index (χ1) is 9.11. The van der Waals surface area contributed by atoms with Gasteiger partial charge in [-0.2, -0.15) is 0 Å². The van der Waals surface area contributed by atoms with Crippen molar-refractivity contribution in [1.82, 2.24) is 10.2 Å². The average Bonchev–Trinajstić information content (AvgIpc) is 2.46. The van der Waals surface area contributed by atoms with Gasteiger partial charge in [-0.3, -0.25) is 4.79 Å². The Balaban J connectivity index is 2.08. The number of nitrogens with one attached hydrogen (secondary N) is 1. The molecule has 1 fully saturated rings. The van der Waals surface area contributed by atoms with Crippen LogP contribution in [0.3, 0.4) is 0 Å². The summed E-state index contributed by atoms with van der Waals surface area (Å²) in [6.45, 7) is 2.85. The summed E-state index contributed by atoms with van der Waals surface area (Å²) in [5.41, 5.74) is 0.786. The smallest absolute Gasteiger partial charge is 0.239 e. The van der Waals surface area contributed by atoms with Gasteiger partial charge in [-0.05, 0) is 32.4 Å². The lowest BCUT2D eigenvalue weighted by molar-refractivity contribution is -0.134. The molecule has 104 valence electrons. The Bertz CT molecular complexity index is 442. The van der Waals surface area contributed by atoms with Gasteiger partial charge in [-0.25, -0.2) is 0 Å². The fourth-order valence-electron chi connectivity index (χ4n) is 2.55. The van der Waals surface area contributed by atoms with Crippen LogP contribution in [0.1, 0.15) is 37.8 Å². The largest absolute Gasteiger partial charge is 0.508 e. The van der Waals surface area contributed by atoms with Crippen LogP contribution in [0.25, 0.3) is 0 Å². The summed E-state index contributed by atoms with van der Waals surface area (Å²) in [7, 11) is 1.80. The lowest BCUT2D eigenvalue weighted by Gasteiger charge is -2.31. The number of piperidine rings is 1. The van der Waals surface area contributed by atoms with Crippen molar-refractivity contribution in [1.29, 1.82) is 0 Å². The van der Waals surface area contributed by atoms with E-state index in [1.807, 2.05) is 19.1 Å². The topological polar surface area (TPSA) is 52.6 Å². The maximum Gasteiger partial charge on any atom is 0.239 e. The molecule has 0 aromatic heterocycles. The number of amides is 1. The summed E-state index contributed by atoms with van der Waals surface area (Å²) in [5, 5.41) is 13.1. The zero-order valence-electron chi connectivity index (χ0n) is 11.6. The van der Waals surface area contributed by atoms with Gasteiger partial charge in [0, 0.05) is 12.6 Å². The van der Waals surface area contributed by atoms with E-state index in [1.54, 1.807) is 24.1 Å². The Morgan fingerprint density at radius 2 is 2.16 bits per heavy atom. The third kappa shape index (κ3) is 3.07. The summed E-state index contributed by atoms with van der Waals surface area (Å²) >= 11 is 0. The SMILES string of the molecule is CC(c1ccccc1O)N(C)C(=O)C1CCCCN1. The van der Waals surface area contributed by atoms with Crippen molar-refractivity contribution in [3.8, 4) is 5.75 Å². The summed E-state index contributed by atoms with van der Waals surface area (Å²) in [6, 6.07) is 6.98. The number of carbonyl (C=O) groups excluding carboxylic acids is 1. The summed E-state index contributed by atoms with van der Waals surface area (Å²) in [5.74, 6) is 0.349. The molecule has 0 saturated carbocycles. The molecule has 1 aromatic rings. The van der Waals surface area contributed by atoms with E-state index in [4.69, 9.17) is 0 Å². The molecule has 1 aliphatic heterocycles. The molecule has 0 spiro atoms. The van der Waals surface area contributed by atoms with Crippen molar-refractivity contribution in [2.75, 3.05) is 13.6 Å². The number of hydrogen-bond donors (Lipinski definition) is 2. The number of benzene rings is 1. The van der Waals surface area contributed by atoms with E-state index in [0.29, 0.717) is 0 Å². The van der Waals surface area contributed by atoms with E-state index in [1.165, 1.54) is 0 Å². The Hall–Kier alpha value is -1.55. The Morgan fingerprint density at radius 1 is 1.42 bits per heavy atom. The third-order valence-corrected chi connectivity index (χ3v) is 3.92. The van der Waals surface area contributed by atoms with E-state index in [0.717, 1.165) is 31.4 Å². The van der Waals surface area contributed by atoms with Gasteiger partial charge in [0.05, 0.1) is 12.1 Å². The molecule has 1 aliphatic rings. The molecule has 2 rings (SSSR count). The maximum atomic E-state index is 12.4. The van der Waals surface area contributed by atoms with Crippen LogP contribution >= 0.6 is 0 Å². The van der Waals surface area contributed by atoms with E-state index in [-0.39, 0.29) is 23.7 Å². The van der Waals surface area contributed by atoms with Crippen LogP contribution in [0, 0.1) is 0 Å². The minimum Gasteiger partial charge on any atom is -0.508 e. The van der Waals surface area contributed by atoms with Crippen LogP contribution in [-0.4, -0.2) is 35.5 Å².